The Morgan fingerprint density at radius 1 is 0.864 bits per heavy atom. The van der Waals surface area contributed by atoms with E-state index in [1.54, 1.807) is 34.7 Å². The molecule has 1 aliphatic rings. The van der Waals surface area contributed by atoms with Crippen LogP contribution in [-0.4, -0.2) is 142 Å². The molecule has 3 rings (SSSR count). The molecule has 2 aromatic rings. The van der Waals surface area contributed by atoms with Gasteiger partial charge in [-0.15, -0.1) is 0 Å². The second-order valence-corrected chi connectivity index (χ2v) is 16.7. The van der Waals surface area contributed by atoms with Gasteiger partial charge in [0.15, 0.2) is 5.96 Å². The number of likely N-dealkylation sites (tertiary alicyclic amines) is 1. The molecular weight excluding hydrogens is 862 g/mol. The molecule has 2 heterocycles. The van der Waals surface area contributed by atoms with E-state index in [1.807, 2.05) is 0 Å². The summed E-state index contributed by atoms with van der Waals surface area (Å²) in [5.74, 6) is -7.76. The Labute approximate surface area is 383 Å². The fraction of sp³-hybridized carbons (Fsp3) is 0.581. The van der Waals surface area contributed by atoms with Gasteiger partial charge in [-0.25, -0.2) is 9.37 Å². The summed E-state index contributed by atoms with van der Waals surface area (Å²) in [7, 11) is 1.56. The first-order chi connectivity index (χ1) is 31.2. The van der Waals surface area contributed by atoms with E-state index in [2.05, 4.69) is 52.2 Å². The van der Waals surface area contributed by atoms with Gasteiger partial charge in [-0.1, -0.05) is 46.2 Å². The number of guanidine groups is 1. The number of rotatable bonds is 26. The Hall–Kier alpha value is -6.65. The van der Waals surface area contributed by atoms with Gasteiger partial charge in [0.25, 0.3) is 0 Å². The number of carboxylic acid groups (broad SMARTS) is 1. The molecule has 1 aromatic carbocycles. The largest absolute Gasteiger partial charge is 0.480 e. The number of carboxylic acids is 1. The third kappa shape index (κ3) is 16.7. The number of aromatic nitrogens is 2. The lowest BCUT2D eigenvalue weighted by Crippen LogP contribution is -2.62. The molecule has 1 saturated heterocycles. The second-order valence-electron chi connectivity index (χ2n) is 16.7. The summed E-state index contributed by atoms with van der Waals surface area (Å²) in [6.45, 7) is 8.39. The van der Waals surface area contributed by atoms with Crippen LogP contribution in [0.1, 0.15) is 78.0 Å². The minimum absolute atomic E-state index is 0.0794. The number of nitrogens with two attached hydrogens (primary N) is 2. The van der Waals surface area contributed by atoms with E-state index in [9.17, 15) is 47.9 Å². The topological polar surface area (TPSA) is 337 Å². The van der Waals surface area contributed by atoms with Crippen LogP contribution in [0.3, 0.4) is 0 Å². The standard InChI is InChI=1S/C43H66FN13O9/c1-7-24(4)35(40(63)54-31(19-28-20-48-22-50-28)41(64)57-17-9-11-32(57)38(61)51-25(5)42(65)66)56-37(60)30(18-26-12-14-27(44)15-13-26)53-39(62)34(23(2)3)55-36(59)29(52-33(58)21-47-6)10-8-16-49-43(45)46/h12-15,20,22-25,29-32,34-35,47H,7-11,16-19,21H2,1-6H3,(H,48,50)(H,51,61)(H,52,58)(H,53,62)(H,54,63)(H,55,59)(H,56,60)(H,65,66)(H4,45,46,49)/t24-,25+,29-,30-,31-,32-,34-,35-/m0/s1. The molecule has 0 aliphatic carbocycles. The van der Waals surface area contributed by atoms with E-state index >= 15 is 0 Å². The van der Waals surface area contributed by atoms with E-state index in [0.29, 0.717) is 30.5 Å². The number of H-pyrrole nitrogens is 1. The van der Waals surface area contributed by atoms with E-state index in [4.69, 9.17) is 11.5 Å². The summed E-state index contributed by atoms with van der Waals surface area (Å²) >= 11 is 0. The van der Waals surface area contributed by atoms with Crippen LogP contribution >= 0.6 is 0 Å². The summed E-state index contributed by atoms with van der Waals surface area (Å²) in [5, 5.41) is 28.0. The van der Waals surface area contributed by atoms with Gasteiger partial charge >= 0.3 is 5.97 Å². The Balaban J connectivity index is 1.91. The van der Waals surface area contributed by atoms with Gasteiger partial charge in [0.1, 0.15) is 48.1 Å². The molecule has 0 bridgehead atoms. The molecule has 1 aromatic heterocycles. The number of likely N-dealkylation sites (N-methyl/N-ethyl adjacent to an activating group) is 1. The number of aliphatic carboxylic acids is 1. The number of amides is 7. The van der Waals surface area contributed by atoms with E-state index in [-0.39, 0.29) is 51.3 Å². The maximum atomic E-state index is 14.4. The first-order valence-corrected chi connectivity index (χ1v) is 22.0. The van der Waals surface area contributed by atoms with Gasteiger partial charge < -0.3 is 63.7 Å². The number of hydrogen-bond donors (Lipinski definition) is 11. The number of aromatic amines is 1. The quantitative estimate of drug-likeness (QED) is 0.0286. The molecule has 23 heteroatoms. The third-order valence-corrected chi connectivity index (χ3v) is 11.1. The van der Waals surface area contributed by atoms with Crippen molar-refractivity contribution >= 4 is 53.3 Å². The van der Waals surface area contributed by atoms with Crippen molar-refractivity contribution in [3.8, 4) is 0 Å². The summed E-state index contributed by atoms with van der Waals surface area (Å²) < 4.78 is 14.0. The maximum absolute atomic E-state index is 14.4. The highest BCUT2D eigenvalue weighted by atomic mass is 19.1. The average molecular weight is 928 g/mol. The number of imidazole rings is 1. The number of aliphatic imine (C=N–C) groups is 1. The molecule has 13 N–H and O–H groups in total. The smallest absolute Gasteiger partial charge is 0.325 e. The SMILES string of the molecule is CC[C@H](C)[C@H](NC(=O)[C@H](Cc1ccc(F)cc1)NC(=O)[C@@H](NC(=O)[C@H](CCCN=C(N)N)NC(=O)CNC)C(C)C)C(=O)N[C@@H](Cc1cnc[nH]1)C(=O)N1CCC[C@H]1C(=O)N[C@H](C)C(=O)O. The van der Waals surface area contributed by atoms with Crippen LogP contribution < -0.4 is 48.7 Å². The Morgan fingerprint density at radius 3 is 2.09 bits per heavy atom. The zero-order valence-electron chi connectivity index (χ0n) is 38.3. The third-order valence-electron chi connectivity index (χ3n) is 11.1. The van der Waals surface area contributed by atoms with Crippen molar-refractivity contribution < 1.29 is 47.9 Å². The number of nitrogens with one attached hydrogen (secondary N) is 8. The second kappa shape index (κ2) is 26.3. The van der Waals surface area contributed by atoms with Gasteiger partial charge in [-0.05, 0) is 69.2 Å². The first-order valence-electron chi connectivity index (χ1n) is 22.0. The number of hydrogen-bond acceptors (Lipinski definition) is 11. The van der Waals surface area contributed by atoms with Crippen LogP contribution in [0.4, 0.5) is 4.39 Å². The van der Waals surface area contributed by atoms with Gasteiger partial charge in [0.2, 0.25) is 41.4 Å². The van der Waals surface area contributed by atoms with Crippen LogP contribution in [0.25, 0.3) is 0 Å². The highest BCUT2D eigenvalue weighted by Gasteiger charge is 2.40. The molecule has 0 radical (unpaired) electrons. The van der Waals surface area contributed by atoms with Crippen molar-refractivity contribution in [1.29, 1.82) is 0 Å². The highest BCUT2D eigenvalue weighted by Crippen LogP contribution is 2.21. The zero-order chi connectivity index (χ0) is 49.1. The van der Waals surface area contributed by atoms with E-state index < -0.39 is 107 Å². The number of carbonyl (C=O) groups is 8. The molecule has 1 aliphatic heterocycles. The predicted molar refractivity (Wildman–Crippen MR) is 240 cm³/mol. The highest BCUT2D eigenvalue weighted by molar-refractivity contribution is 5.98. The summed E-state index contributed by atoms with van der Waals surface area (Å²) in [5.41, 5.74) is 11.8. The summed E-state index contributed by atoms with van der Waals surface area (Å²) in [4.78, 5) is 120. The molecular formula is C43H66FN13O9. The Morgan fingerprint density at radius 2 is 1.50 bits per heavy atom. The average Bonchev–Trinajstić information content (AvgIpc) is 3.98. The normalized spacial score (nSPS) is 16.6. The van der Waals surface area contributed by atoms with E-state index in [1.165, 1.54) is 48.6 Å². The lowest BCUT2D eigenvalue weighted by atomic mass is 9.96. The first kappa shape index (κ1) is 53.7. The van der Waals surface area contributed by atoms with Crippen LogP contribution in [0.2, 0.25) is 0 Å². The lowest BCUT2D eigenvalue weighted by molar-refractivity contribution is -0.144. The molecule has 66 heavy (non-hydrogen) atoms. The van der Waals surface area contributed by atoms with Crippen molar-refractivity contribution in [1.82, 2.24) is 52.1 Å². The zero-order valence-corrected chi connectivity index (χ0v) is 38.3. The monoisotopic (exact) mass is 928 g/mol. The van der Waals surface area contributed by atoms with Crippen LogP contribution in [-0.2, 0) is 51.2 Å². The molecule has 0 spiro atoms. The summed E-state index contributed by atoms with van der Waals surface area (Å²) in [6.07, 6.45) is 4.12. The molecule has 0 unspecified atom stereocenters. The minimum atomic E-state index is -1.38. The van der Waals surface area contributed by atoms with Gasteiger partial charge in [-0.2, -0.15) is 0 Å². The van der Waals surface area contributed by atoms with Crippen molar-refractivity contribution in [2.45, 2.75) is 122 Å². The number of nitrogens with zero attached hydrogens (tertiary/aromatic N) is 3. The lowest BCUT2D eigenvalue weighted by Gasteiger charge is -2.32. The fourth-order valence-corrected chi connectivity index (χ4v) is 7.20. The number of carbonyl (C=O) groups excluding carboxylic acids is 7. The van der Waals surface area contributed by atoms with Crippen LogP contribution in [0.5, 0.6) is 0 Å². The van der Waals surface area contributed by atoms with Gasteiger partial charge in [-0.3, -0.25) is 43.3 Å². The molecule has 22 nitrogen and oxygen atoms in total. The van der Waals surface area contributed by atoms with Gasteiger partial charge in [0.05, 0.1) is 12.9 Å². The van der Waals surface area contributed by atoms with Crippen molar-refractivity contribution in [2.75, 3.05) is 26.7 Å². The molecule has 8 atom stereocenters. The van der Waals surface area contributed by atoms with Crippen molar-refractivity contribution in [3.63, 3.8) is 0 Å². The van der Waals surface area contributed by atoms with E-state index in [0.717, 1.165) is 0 Å². The number of benzene rings is 1. The Bertz CT molecular complexity index is 2000. The Kier molecular flexibility index (Phi) is 21.4. The number of halogens is 1. The van der Waals surface area contributed by atoms with Crippen molar-refractivity contribution in [3.05, 3.63) is 53.9 Å². The van der Waals surface area contributed by atoms with Crippen LogP contribution in [0.15, 0.2) is 41.8 Å². The molecule has 0 saturated carbocycles. The predicted octanol–water partition coefficient (Wildman–Crippen LogP) is -1.69. The van der Waals surface area contributed by atoms with Gasteiger partial charge in [0, 0.05) is 37.8 Å². The molecule has 7 amide bonds. The summed E-state index contributed by atoms with van der Waals surface area (Å²) in [6, 6.07) is -3.21. The fourth-order valence-electron chi connectivity index (χ4n) is 7.20. The maximum Gasteiger partial charge on any atom is 0.325 e. The van der Waals surface area contributed by atoms with Crippen LogP contribution in [0, 0.1) is 17.7 Å². The van der Waals surface area contributed by atoms with Crippen molar-refractivity contribution in [2.24, 2.45) is 28.3 Å². The molecule has 364 valence electrons. The molecule has 1 fully saturated rings. The minimum Gasteiger partial charge on any atom is -0.480 e.